The van der Waals surface area contributed by atoms with Gasteiger partial charge < -0.3 is 9.47 Å². The summed E-state index contributed by atoms with van der Waals surface area (Å²) < 4.78 is 11.3. The largest absolute Gasteiger partial charge is 0.423 e. The second-order valence-electron chi connectivity index (χ2n) is 7.55. The molecule has 4 heteroatoms. The third kappa shape index (κ3) is 4.77. The lowest BCUT2D eigenvalue weighted by Crippen LogP contribution is -2.13. The maximum Gasteiger partial charge on any atom is 0.343 e. The molecule has 0 amide bonds. The van der Waals surface area contributed by atoms with Crippen molar-refractivity contribution in [2.24, 2.45) is 0 Å². The van der Waals surface area contributed by atoms with Crippen LogP contribution >= 0.6 is 0 Å². The van der Waals surface area contributed by atoms with E-state index in [2.05, 4.69) is 0 Å². The van der Waals surface area contributed by atoms with Crippen molar-refractivity contribution in [2.75, 3.05) is 0 Å². The van der Waals surface area contributed by atoms with Crippen molar-refractivity contribution in [3.8, 4) is 11.5 Å². The topological polar surface area (TPSA) is 52.6 Å². The third-order valence-corrected chi connectivity index (χ3v) is 5.46. The number of hydrogen-bond donors (Lipinski definition) is 0. The Morgan fingerprint density at radius 3 is 1.83 bits per heavy atom. The number of hydrogen-bond acceptors (Lipinski definition) is 4. The smallest absolute Gasteiger partial charge is 0.343 e. The second kappa shape index (κ2) is 9.40. The van der Waals surface area contributed by atoms with Crippen LogP contribution in [0.5, 0.6) is 11.5 Å². The Morgan fingerprint density at radius 1 is 0.667 bits per heavy atom. The molecule has 4 rings (SSSR count). The van der Waals surface area contributed by atoms with Crippen LogP contribution < -0.4 is 9.47 Å². The predicted octanol–water partition coefficient (Wildman–Crippen LogP) is 6.17. The molecule has 0 bridgehead atoms. The van der Waals surface area contributed by atoms with Gasteiger partial charge in [-0.2, -0.15) is 0 Å². The fraction of sp³-hybridized carbons (Fsp3) is 0.231. The first kappa shape index (κ1) is 19.9. The number of carbonyl (C=O) groups is 2. The normalized spacial score (nSPS) is 14.1. The van der Waals surface area contributed by atoms with Crippen LogP contribution in [0, 0.1) is 0 Å². The van der Waals surface area contributed by atoms with E-state index in [9.17, 15) is 9.59 Å². The number of esters is 2. The van der Waals surface area contributed by atoms with Gasteiger partial charge in [0.15, 0.2) is 0 Å². The Labute approximate surface area is 176 Å². The highest BCUT2D eigenvalue weighted by atomic mass is 16.5. The van der Waals surface area contributed by atoms with Gasteiger partial charge in [0.05, 0.1) is 11.1 Å². The van der Waals surface area contributed by atoms with Crippen molar-refractivity contribution in [3.63, 3.8) is 0 Å². The van der Waals surface area contributed by atoms with E-state index in [1.807, 2.05) is 18.2 Å². The van der Waals surface area contributed by atoms with E-state index in [-0.39, 0.29) is 0 Å². The maximum atomic E-state index is 12.7. The van der Waals surface area contributed by atoms with Crippen molar-refractivity contribution in [1.29, 1.82) is 0 Å². The molecule has 30 heavy (non-hydrogen) atoms. The lowest BCUT2D eigenvalue weighted by atomic mass is 9.83. The molecule has 1 aliphatic carbocycles. The highest BCUT2D eigenvalue weighted by Gasteiger charge is 2.22. The van der Waals surface area contributed by atoms with Gasteiger partial charge in [0.2, 0.25) is 0 Å². The summed E-state index contributed by atoms with van der Waals surface area (Å²) in [5.74, 6) is 0.310. The van der Waals surface area contributed by atoms with Crippen molar-refractivity contribution in [1.82, 2.24) is 0 Å². The van der Waals surface area contributed by atoms with Gasteiger partial charge in [-0.25, -0.2) is 9.59 Å². The Kier molecular flexibility index (Phi) is 6.23. The molecule has 3 aromatic rings. The zero-order valence-corrected chi connectivity index (χ0v) is 16.8. The van der Waals surface area contributed by atoms with Gasteiger partial charge >= 0.3 is 11.9 Å². The Morgan fingerprint density at radius 2 is 1.23 bits per heavy atom. The summed E-state index contributed by atoms with van der Waals surface area (Å²) in [5.41, 5.74) is 1.95. The fourth-order valence-electron chi connectivity index (χ4n) is 3.89. The lowest BCUT2D eigenvalue weighted by molar-refractivity contribution is 0.0730. The van der Waals surface area contributed by atoms with E-state index in [1.165, 1.54) is 19.3 Å². The molecule has 4 nitrogen and oxygen atoms in total. The molecule has 1 fully saturated rings. The van der Waals surface area contributed by atoms with Crippen LogP contribution in [0.2, 0.25) is 0 Å². The lowest BCUT2D eigenvalue weighted by Gasteiger charge is -2.24. The van der Waals surface area contributed by atoms with Gasteiger partial charge in [0.1, 0.15) is 11.5 Å². The molecule has 0 aromatic heterocycles. The monoisotopic (exact) mass is 400 g/mol. The summed E-state index contributed by atoms with van der Waals surface area (Å²) in [6.07, 6.45) is 5.71. The average Bonchev–Trinajstić information content (AvgIpc) is 2.81. The summed E-state index contributed by atoms with van der Waals surface area (Å²) in [4.78, 5) is 25.1. The first-order valence-corrected chi connectivity index (χ1v) is 10.4. The third-order valence-electron chi connectivity index (χ3n) is 5.46. The highest BCUT2D eigenvalue weighted by Crippen LogP contribution is 2.39. The molecular weight excluding hydrogens is 376 g/mol. The zero-order chi connectivity index (χ0) is 20.8. The molecule has 0 saturated heterocycles. The number of carbonyl (C=O) groups excluding carboxylic acids is 2. The van der Waals surface area contributed by atoms with Crippen LogP contribution in [-0.2, 0) is 0 Å². The van der Waals surface area contributed by atoms with Crippen LogP contribution in [-0.4, -0.2) is 11.9 Å². The minimum Gasteiger partial charge on any atom is -0.423 e. The SMILES string of the molecule is O=C(Oc1ccc(C2CCCCC2)c(OC(=O)c2ccccc2)c1)c1ccccc1. The van der Waals surface area contributed by atoms with Crippen LogP contribution in [0.15, 0.2) is 78.9 Å². The minimum atomic E-state index is -0.443. The van der Waals surface area contributed by atoms with Crippen LogP contribution in [0.25, 0.3) is 0 Å². The summed E-state index contributed by atoms with van der Waals surface area (Å²) in [6.45, 7) is 0. The highest BCUT2D eigenvalue weighted by molar-refractivity contribution is 5.92. The minimum absolute atomic E-state index is 0.344. The molecule has 0 N–H and O–H groups in total. The first-order chi connectivity index (χ1) is 14.7. The molecule has 0 radical (unpaired) electrons. The molecular formula is C26H24O4. The average molecular weight is 400 g/mol. The molecule has 152 valence electrons. The van der Waals surface area contributed by atoms with Gasteiger partial charge in [0, 0.05) is 6.07 Å². The van der Waals surface area contributed by atoms with Crippen LogP contribution in [0.1, 0.15) is 64.3 Å². The molecule has 0 aliphatic heterocycles. The molecule has 3 aromatic carbocycles. The van der Waals surface area contributed by atoms with Crippen molar-refractivity contribution in [3.05, 3.63) is 95.6 Å². The maximum absolute atomic E-state index is 12.7. The van der Waals surface area contributed by atoms with E-state index < -0.39 is 11.9 Å². The van der Waals surface area contributed by atoms with E-state index in [1.54, 1.807) is 60.7 Å². The molecule has 1 aliphatic rings. The van der Waals surface area contributed by atoms with Crippen molar-refractivity contribution in [2.45, 2.75) is 38.0 Å². The second-order valence-corrected chi connectivity index (χ2v) is 7.55. The van der Waals surface area contributed by atoms with Gasteiger partial charge in [-0.05, 0) is 54.7 Å². The Balaban J connectivity index is 1.60. The molecule has 0 atom stereocenters. The standard InChI is InChI=1S/C26H24O4/c27-25(20-12-6-2-7-13-20)29-22-16-17-23(19-10-4-1-5-11-19)24(18-22)30-26(28)21-14-8-3-9-15-21/h2-3,6-9,12-19H,1,4-5,10-11H2. The van der Waals surface area contributed by atoms with E-state index in [4.69, 9.17) is 9.47 Å². The zero-order valence-electron chi connectivity index (χ0n) is 16.8. The van der Waals surface area contributed by atoms with Gasteiger partial charge in [0.25, 0.3) is 0 Å². The molecule has 0 heterocycles. The number of ether oxygens (including phenoxy) is 2. The quantitative estimate of drug-likeness (QED) is 0.379. The van der Waals surface area contributed by atoms with Gasteiger partial charge in [-0.1, -0.05) is 61.7 Å². The Bertz CT molecular complexity index is 1010. The number of benzene rings is 3. The van der Waals surface area contributed by atoms with E-state index >= 15 is 0 Å². The predicted molar refractivity (Wildman–Crippen MR) is 115 cm³/mol. The summed E-state index contributed by atoms with van der Waals surface area (Å²) in [5, 5.41) is 0. The van der Waals surface area contributed by atoms with Gasteiger partial charge in [-0.15, -0.1) is 0 Å². The first-order valence-electron chi connectivity index (χ1n) is 10.4. The fourth-order valence-corrected chi connectivity index (χ4v) is 3.89. The molecule has 1 saturated carbocycles. The summed E-state index contributed by atoms with van der Waals surface area (Å²) in [6, 6.07) is 23.1. The van der Waals surface area contributed by atoms with Crippen molar-refractivity contribution >= 4 is 11.9 Å². The van der Waals surface area contributed by atoms with Gasteiger partial charge in [-0.3, -0.25) is 0 Å². The molecule has 0 unspecified atom stereocenters. The van der Waals surface area contributed by atoms with E-state index in [0.29, 0.717) is 28.5 Å². The Hall–Kier alpha value is -3.40. The van der Waals surface area contributed by atoms with Crippen LogP contribution in [0.3, 0.4) is 0 Å². The summed E-state index contributed by atoms with van der Waals surface area (Å²) in [7, 11) is 0. The van der Waals surface area contributed by atoms with Crippen LogP contribution in [0.4, 0.5) is 0 Å². The summed E-state index contributed by atoms with van der Waals surface area (Å²) >= 11 is 0. The van der Waals surface area contributed by atoms with E-state index in [0.717, 1.165) is 18.4 Å². The van der Waals surface area contributed by atoms with Crippen molar-refractivity contribution < 1.29 is 19.1 Å². The molecule has 0 spiro atoms. The number of rotatable bonds is 5.